The number of rotatable bonds is 4. The fourth-order valence-electron chi connectivity index (χ4n) is 1.98. The summed E-state index contributed by atoms with van der Waals surface area (Å²) >= 11 is 5.91. The van der Waals surface area contributed by atoms with E-state index in [2.05, 4.69) is 16.3 Å². The van der Waals surface area contributed by atoms with Crippen LogP contribution in [0.1, 0.15) is 30.7 Å². The van der Waals surface area contributed by atoms with Gasteiger partial charge in [0.25, 0.3) is 5.88 Å². The van der Waals surface area contributed by atoms with Crippen LogP contribution in [0, 0.1) is 11.3 Å². The second kappa shape index (κ2) is 6.36. The van der Waals surface area contributed by atoms with Crippen LogP contribution in [0.15, 0.2) is 24.3 Å². The number of hydrogen-bond donors (Lipinski definition) is 0. The fourth-order valence-corrected chi connectivity index (χ4v) is 2.16. The first-order valence-electron chi connectivity index (χ1n) is 6.41. The third kappa shape index (κ3) is 2.89. The molecule has 1 aromatic heterocycles. The van der Waals surface area contributed by atoms with Crippen LogP contribution in [0.5, 0.6) is 11.6 Å². The zero-order valence-corrected chi connectivity index (χ0v) is 12.1. The summed E-state index contributed by atoms with van der Waals surface area (Å²) in [5.41, 5.74) is 2.17. The molecule has 1 aromatic carbocycles. The van der Waals surface area contributed by atoms with Crippen molar-refractivity contribution in [1.82, 2.24) is 10.2 Å². The molecule has 0 aliphatic rings. The maximum atomic E-state index is 9.36. The molecule has 0 N–H and O–H groups in total. The van der Waals surface area contributed by atoms with Gasteiger partial charge in [0.2, 0.25) is 0 Å². The molecule has 0 spiro atoms. The standard InChI is InChI=1S/C15H14ClN3O/c1-3-12-13(9-17)15(19-18-14(12)4-2)20-11-7-5-6-10(16)8-11/h5-8H,3-4H2,1-2H3. The molecule has 1 heterocycles. The Morgan fingerprint density at radius 1 is 1.25 bits per heavy atom. The van der Waals surface area contributed by atoms with Gasteiger partial charge >= 0.3 is 0 Å². The quantitative estimate of drug-likeness (QED) is 0.855. The SMILES string of the molecule is CCc1nnc(Oc2cccc(Cl)c2)c(C#N)c1CC. The maximum absolute atomic E-state index is 9.36. The lowest BCUT2D eigenvalue weighted by atomic mass is 10.0. The lowest BCUT2D eigenvalue weighted by Gasteiger charge is -2.11. The minimum Gasteiger partial charge on any atom is -0.436 e. The van der Waals surface area contributed by atoms with Gasteiger partial charge in [0.1, 0.15) is 17.4 Å². The summed E-state index contributed by atoms with van der Waals surface area (Å²) in [6, 6.07) is 9.12. The van der Waals surface area contributed by atoms with Gasteiger partial charge in [-0.05, 0) is 36.6 Å². The second-order valence-electron chi connectivity index (χ2n) is 4.18. The van der Waals surface area contributed by atoms with Crippen molar-refractivity contribution in [2.45, 2.75) is 26.7 Å². The molecule has 0 atom stereocenters. The van der Waals surface area contributed by atoms with Crippen LogP contribution in [0.2, 0.25) is 5.02 Å². The number of aryl methyl sites for hydroxylation is 1. The molecule has 5 heteroatoms. The van der Waals surface area contributed by atoms with Crippen LogP contribution in [0.4, 0.5) is 0 Å². The van der Waals surface area contributed by atoms with E-state index in [4.69, 9.17) is 16.3 Å². The molecule has 0 bridgehead atoms. The van der Waals surface area contributed by atoms with Crippen LogP contribution in [-0.2, 0) is 12.8 Å². The van der Waals surface area contributed by atoms with Gasteiger partial charge in [0.05, 0.1) is 5.69 Å². The van der Waals surface area contributed by atoms with Crippen molar-refractivity contribution < 1.29 is 4.74 Å². The molecule has 0 saturated carbocycles. The average molecular weight is 288 g/mol. The second-order valence-corrected chi connectivity index (χ2v) is 4.62. The van der Waals surface area contributed by atoms with E-state index in [1.807, 2.05) is 13.8 Å². The Labute approximate surface area is 123 Å². The molecule has 0 aliphatic heterocycles. The summed E-state index contributed by atoms with van der Waals surface area (Å²) in [5, 5.41) is 18.1. The first-order chi connectivity index (χ1) is 9.69. The lowest BCUT2D eigenvalue weighted by Crippen LogP contribution is -2.05. The van der Waals surface area contributed by atoms with Crippen LogP contribution in [0.3, 0.4) is 0 Å². The number of benzene rings is 1. The molecule has 20 heavy (non-hydrogen) atoms. The monoisotopic (exact) mass is 287 g/mol. The smallest absolute Gasteiger partial charge is 0.257 e. The third-order valence-electron chi connectivity index (χ3n) is 2.94. The zero-order valence-electron chi connectivity index (χ0n) is 11.4. The maximum Gasteiger partial charge on any atom is 0.257 e. The van der Waals surface area contributed by atoms with Gasteiger partial charge in [0.15, 0.2) is 0 Å². The fraction of sp³-hybridized carbons (Fsp3) is 0.267. The number of nitriles is 1. The van der Waals surface area contributed by atoms with E-state index in [1.165, 1.54) is 0 Å². The molecule has 0 aliphatic carbocycles. The minimum atomic E-state index is 0.226. The molecular formula is C15H14ClN3O. The van der Waals surface area contributed by atoms with Gasteiger partial charge in [-0.3, -0.25) is 0 Å². The van der Waals surface area contributed by atoms with Gasteiger partial charge in [0, 0.05) is 5.02 Å². The lowest BCUT2D eigenvalue weighted by molar-refractivity contribution is 0.451. The summed E-state index contributed by atoms with van der Waals surface area (Å²) in [7, 11) is 0. The first kappa shape index (κ1) is 14.3. The molecule has 0 radical (unpaired) electrons. The number of nitrogens with zero attached hydrogens (tertiary/aromatic N) is 3. The van der Waals surface area contributed by atoms with Crippen molar-refractivity contribution in [2.24, 2.45) is 0 Å². The Bertz CT molecular complexity index is 665. The van der Waals surface area contributed by atoms with E-state index in [0.717, 1.165) is 17.7 Å². The number of halogens is 1. The number of aromatic nitrogens is 2. The Morgan fingerprint density at radius 3 is 2.65 bits per heavy atom. The molecule has 2 rings (SSSR count). The summed E-state index contributed by atoms with van der Waals surface area (Å²) < 4.78 is 5.64. The average Bonchev–Trinajstić information content (AvgIpc) is 2.46. The van der Waals surface area contributed by atoms with Crippen LogP contribution >= 0.6 is 11.6 Å². The zero-order chi connectivity index (χ0) is 14.5. The van der Waals surface area contributed by atoms with E-state index < -0.39 is 0 Å². The Morgan fingerprint density at radius 2 is 2.05 bits per heavy atom. The molecule has 0 fully saturated rings. The molecule has 2 aromatic rings. The molecule has 0 unspecified atom stereocenters. The summed E-state index contributed by atoms with van der Waals surface area (Å²) in [5.74, 6) is 0.762. The first-order valence-corrected chi connectivity index (χ1v) is 6.79. The Hall–Kier alpha value is -2.12. The minimum absolute atomic E-state index is 0.226. The van der Waals surface area contributed by atoms with E-state index in [1.54, 1.807) is 24.3 Å². The molecule has 102 valence electrons. The number of ether oxygens (including phenoxy) is 1. The molecule has 0 saturated heterocycles. The van der Waals surface area contributed by atoms with Crippen LogP contribution < -0.4 is 4.74 Å². The molecular weight excluding hydrogens is 274 g/mol. The molecule has 4 nitrogen and oxygen atoms in total. The van der Waals surface area contributed by atoms with E-state index in [9.17, 15) is 5.26 Å². The van der Waals surface area contributed by atoms with E-state index in [0.29, 0.717) is 22.8 Å². The highest BCUT2D eigenvalue weighted by Gasteiger charge is 2.16. The van der Waals surface area contributed by atoms with Gasteiger partial charge < -0.3 is 4.74 Å². The van der Waals surface area contributed by atoms with E-state index in [-0.39, 0.29) is 5.88 Å². The third-order valence-corrected chi connectivity index (χ3v) is 3.17. The topological polar surface area (TPSA) is 58.8 Å². The normalized spacial score (nSPS) is 10.1. The van der Waals surface area contributed by atoms with E-state index >= 15 is 0 Å². The summed E-state index contributed by atoms with van der Waals surface area (Å²) in [6.45, 7) is 3.97. The van der Waals surface area contributed by atoms with Gasteiger partial charge in [-0.1, -0.05) is 31.5 Å². The predicted molar refractivity (Wildman–Crippen MR) is 77.0 cm³/mol. The molecule has 0 amide bonds. The van der Waals surface area contributed by atoms with Crippen LogP contribution in [0.25, 0.3) is 0 Å². The van der Waals surface area contributed by atoms with Crippen molar-refractivity contribution >= 4 is 11.6 Å². The van der Waals surface area contributed by atoms with Crippen molar-refractivity contribution in [3.05, 3.63) is 46.1 Å². The Balaban J connectivity index is 2.45. The van der Waals surface area contributed by atoms with Gasteiger partial charge in [-0.2, -0.15) is 10.4 Å². The summed E-state index contributed by atoms with van der Waals surface area (Å²) in [4.78, 5) is 0. The number of hydrogen-bond acceptors (Lipinski definition) is 4. The van der Waals surface area contributed by atoms with Crippen molar-refractivity contribution in [1.29, 1.82) is 5.26 Å². The van der Waals surface area contributed by atoms with Gasteiger partial charge in [-0.15, -0.1) is 5.10 Å². The predicted octanol–water partition coefficient (Wildman–Crippen LogP) is 3.92. The highest BCUT2D eigenvalue weighted by Crippen LogP contribution is 2.27. The highest BCUT2D eigenvalue weighted by atomic mass is 35.5. The van der Waals surface area contributed by atoms with Crippen molar-refractivity contribution in [3.8, 4) is 17.7 Å². The van der Waals surface area contributed by atoms with Gasteiger partial charge in [-0.25, -0.2) is 0 Å². The largest absolute Gasteiger partial charge is 0.436 e. The summed E-state index contributed by atoms with van der Waals surface area (Å²) in [6.07, 6.45) is 1.45. The van der Waals surface area contributed by atoms with Crippen LogP contribution in [-0.4, -0.2) is 10.2 Å². The van der Waals surface area contributed by atoms with Crippen molar-refractivity contribution in [2.75, 3.05) is 0 Å². The Kier molecular flexibility index (Phi) is 4.54. The van der Waals surface area contributed by atoms with Crippen molar-refractivity contribution in [3.63, 3.8) is 0 Å². The highest BCUT2D eigenvalue weighted by molar-refractivity contribution is 6.30.